The Hall–Kier alpha value is -2.08. The molecule has 0 aliphatic heterocycles. The molecule has 0 aliphatic carbocycles. The topological polar surface area (TPSA) is 38.7 Å². The number of terminal acetylenes is 1. The van der Waals surface area contributed by atoms with Gasteiger partial charge in [-0.15, -0.1) is 6.42 Å². The van der Waals surface area contributed by atoms with Crippen molar-refractivity contribution in [2.75, 3.05) is 7.11 Å². The van der Waals surface area contributed by atoms with E-state index < -0.39 is 0 Å². The van der Waals surface area contributed by atoms with Crippen LogP contribution in [0.25, 0.3) is 0 Å². The maximum atomic E-state index is 11.2. The smallest absolute Gasteiger partial charge is 0.182 e. The van der Waals surface area contributed by atoms with Crippen molar-refractivity contribution < 1.29 is 9.63 Å². The number of carbonyl (C=O) groups is 1. The molecule has 1 rings (SSSR count). The van der Waals surface area contributed by atoms with Crippen LogP contribution in [-0.4, -0.2) is 18.6 Å². The zero-order valence-corrected chi connectivity index (χ0v) is 8.65. The minimum absolute atomic E-state index is 0.148. The molecule has 15 heavy (non-hydrogen) atoms. The Morgan fingerprint density at radius 2 is 2.00 bits per heavy atom. The molecule has 0 bridgehead atoms. The van der Waals surface area contributed by atoms with E-state index in [4.69, 9.17) is 6.42 Å². The van der Waals surface area contributed by atoms with Crippen LogP contribution in [-0.2, 0) is 9.63 Å². The highest BCUT2D eigenvalue weighted by Gasteiger charge is 2.09. The molecule has 0 amide bonds. The van der Waals surface area contributed by atoms with Crippen LogP contribution in [0.15, 0.2) is 29.4 Å². The Balaban J connectivity index is 3.09. The Morgan fingerprint density at radius 3 is 2.40 bits per heavy atom. The second-order valence-corrected chi connectivity index (χ2v) is 2.90. The number of benzene rings is 1. The zero-order chi connectivity index (χ0) is 11.3. The highest BCUT2D eigenvalue weighted by molar-refractivity contribution is 6.45. The maximum absolute atomic E-state index is 11.2. The van der Waals surface area contributed by atoms with Crippen molar-refractivity contribution in [1.29, 1.82) is 0 Å². The van der Waals surface area contributed by atoms with Crippen molar-refractivity contribution >= 4 is 11.5 Å². The van der Waals surface area contributed by atoms with Gasteiger partial charge in [0, 0.05) is 18.1 Å². The predicted octanol–water partition coefficient (Wildman–Crippen LogP) is 1.61. The highest BCUT2D eigenvalue weighted by Crippen LogP contribution is 2.06. The van der Waals surface area contributed by atoms with Crippen molar-refractivity contribution in [1.82, 2.24) is 0 Å². The van der Waals surface area contributed by atoms with Crippen LogP contribution in [0.4, 0.5) is 0 Å². The average Bonchev–Trinajstić information content (AvgIpc) is 2.26. The van der Waals surface area contributed by atoms with Gasteiger partial charge in [-0.3, -0.25) is 4.79 Å². The molecule has 0 unspecified atom stereocenters. The molecular formula is C12H11NO2. The fourth-order valence-corrected chi connectivity index (χ4v) is 1.14. The molecule has 0 heterocycles. The molecule has 76 valence electrons. The first-order valence-corrected chi connectivity index (χ1v) is 4.38. The van der Waals surface area contributed by atoms with Crippen molar-refractivity contribution in [3.8, 4) is 12.3 Å². The number of oxime groups is 1. The number of nitrogens with zero attached hydrogens (tertiary/aromatic N) is 1. The SMILES string of the molecule is C#Cc1ccc(C(=NOC)C(C)=O)cc1. The van der Waals surface area contributed by atoms with Gasteiger partial charge in [-0.1, -0.05) is 23.2 Å². The molecule has 0 aromatic heterocycles. The largest absolute Gasteiger partial charge is 0.399 e. The van der Waals surface area contributed by atoms with Gasteiger partial charge in [-0.2, -0.15) is 0 Å². The van der Waals surface area contributed by atoms with Crippen LogP contribution in [0, 0.1) is 12.3 Å². The summed E-state index contributed by atoms with van der Waals surface area (Å²) in [7, 11) is 1.40. The molecule has 3 nitrogen and oxygen atoms in total. The molecule has 1 aromatic rings. The van der Waals surface area contributed by atoms with Crippen molar-refractivity contribution in [3.63, 3.8) is 0 Å². The van der Waals surface area contributed by atoms with Crippen molar-refractivity contribution in [3.05, 3.63) is 35.4 Å². The fourth-order valence-electron chi connectivity index (χ4n) is 1.14. The molecular weight excluding hydrogens is 190 g/mol. The third-order valence-electron chi connectivity index (χ3n) is 1.84. The van der Waals surface area contributed by atoms with Crippen molar-refractivity contribution in [2.45, 2.75) is 6.92 Å². The van der Waals surface area contributed by atoms with E-state index >= 15 is 0 Å². The molecule has 0 aliphatic rings. The van der Waals surface area contributed by atoms with E-state index in [0.29, 0.717) is 11.3 Å². The van der Waals surface area contributed by atoms with E-state index in [-0.39, 0.29) is 5.78 Å². The Kier molecular flexibility index (Phi) is 3.64. The number of hydrogen-bond acceptors (Lipinski definition) is 3. The maximum Gasteiger partial charge on any atom is 0.182 e. The van der Waals surface area contributed by atoms with Crippen LogP contribution in [0.1, 0.15) is 18.1 Å². The average molecular weight is 201 g/mol. The molecule has 0 radical (unpaired) electrons. The summed E-state index contributed by atoms with van der Waals surface area (Å²) in [4.78, 5) is 15.8. The second kappa shape index (κ2) is 4.97. The molecule has 1 aromatic carbocycles. The van der Waals surface area contributed by atoms with Gasteiger partial charge in [0.25, 0.3) is 0 Å². The summed E-state index contributed by atoms with van der Waals surface area (Å²) in [5, 5.41) is 3.66. The van der Waals surface area contributed by atoms with E-state index in [0.717, 1.165) is 5.56 Å². The van der Waals surface area contributed by atoms with Gasteiger partial charge in [0.1, 0.15) is 7.11 Å². The highest BCUT2D eigenvalue weighted by atomic mass is 16.6. The standard InChI is InChI=1S/C12H11NO2/c1-4-10-5-7-11(8-6-10)12(9(2)14)13-15-3/h1,5-8H,2-3H3. The van der Waals surface area contributed by atoms with Crippen LogP contribution in [0.3, 0.4) is 0 Å². The van der Waals surface area contributed by atoms with Gasteiger partial charge < -0.3 is 4.84 Å². The fraction of sp³-hybridized carbons (Fsp3) is 0.167. The Bertz CT molecular complexity index is 424. The Morgan fingerprint density at radius 1 is 1.40 bits per heavy atom. The summed E-state index contributed by atoms with van der Waals surface area (Å²) in [5.74, 6) is 2.35. The van der Waals surface area contributed by atoms with E-state index in [1.165, 1.54) is 14.0 Å². The van der Waals surface area contributed by atoms with E-state index in [9.17, 15) is 4.79 Å². The number of hydrogen-bond donors (Lipinski definition) is 0. The van der Waals surface area contributed by atoms with E-state index in [2.05, 4.69) is 15.9 Å². The lowest BCUT2D eigenvalue weighted by Crippen LogP contribution is -2.11. The minimum atomic E-state index is -0.148. The summed E-state index contributed by atoms with van der Waals surface area (Å²) in [6.07, 6.45) is 5.22. The van der Waals surface area contributed by atoms with Gasteiger partial charge in [0.2, 0.25) is 0 Å². The van der Waals surface area contributed by atoms with Gasteiger partial charge in [-0.25, -0.2) is 0 Å². The second-order valence-electron chi connectivity index (χ2n) is 2.90. The molecule has 0 N–H and O–H groups in total. The van der Waals surface area contributed by atoms with Gasteiger partial charge >= 0.3 is 0 Å². The normalized spacial score (nSPS) is 10.6. The first kappa shape index (κ1) is 11.0. The van der Waals surface area contributed by atoms with Gasteiger partial charge in [-0.05, 0) is 12.1 Å². The summed E-state index contributed by atoms with van der Waals surface area (Å²) < 4.78 is 0. The van der Waals surface area contributed by atoms with Crippen molar-refractivity contribution in [2.24, 2.45) is 5.16 Å². The molecule has 0 saturated carbocycles. The van der Waals surface area contributed by atoms with Crippen LogP contribution in [0.2, 0.25) is 0 Å². The third kappa shape index (κ3) is 2.68. The Labute approximate surface area is 88.7 Å². The summed E-state index contributed by atoms with van der Waals surface area (Å²) >= 11 is 0. The van der Waals surface area contributed by atoms with Crippen LogP contribution >= 0.6 is 0 Å². The number of ketones is 1. The molecule has 0 saturated heterocycles. The first-order chi connectivity index (χ1) is 7.19. The monoisotopic (exact) mass is 201 g/mol. The number of carbonyl (C=O) groups excluding carboxylic acids is 1. The lowest BCUT2D eigenvalue weighted by atomic mass is 10.1. The number of rotatable bonds is 3. The van der Waals surface area contributed by atoms with Crippen LogP contribution < -0.4 is 0 Å². The molecule has 0 atom stereocenters. The molecule has 3 heteroatoms. The minimum Gasteiger partial charge on any atom is -0.399 e. The predicted molar refractivity (Wildman–Crippen MR) is 58.6 cm³/mol. The summed E-state index contributed by atoms with van der Waals surface area (Å²) in [6.45, 7) is 1.44. The lowest BCUT2D eigenvalue weighted by molar-refractivity contribution is -0.111. The first-order valence-electron chi connectivity index (χ1n) is 4.38. The molecule has 0 spiro atoms. The zero-order valence-electron chi connectivity index (χ0n) is 8.65. The lowest BCUT2D eigenvalue weighted by Gasteiger charge is -2.01. The summed E-state index contributed by atoms with van der Waals surface area (Å²) in [6, 6.07) is 7.00. The quantitative estimate of drug-likeness (QED) is 0.423. The molecule has 0 fully saturated rings. The third-order valence-corrected chi connectivity index (χ3v) is 1.84. The van der Waals surface area contributed by atoms with Gasteiger partial charge in [0.05, 0.1) is 0 Å². The van der Waals surface area contributed by atoms with Gasteiger partial charge in [0.15, 0.2) is 11.5 Å². The van der Waals surface area contributed by atoms with E-state index in [1.54, 1.807) is 24.3 Å². The van der Waals surface area contributed by atoms with E-state index in [1.807, 2.05) is 0 Å². The summed E-state index contributed by atoms with van der Waals surface area (Å²) in [5.41, 5.74) is 1.75. The number of Topliss-reactive ketones (excluding diaryl/α,β-unsaturated/α-hetero) is 1. The van der Waals surface area contributed by atoms with Crippen LogP contribution in [0.5, 0.6) is 0 Å².